The largest absolute Gasteiger partial charge is 0.381 e. The lowest BCUT2D eigenvalue weighted by Crippen LogP contribution is -1.80. The van der Waals surface area contributed by atoms with E-state index in [4.69, 9.17) is 21.9 Å². The number of H-pyrrole nitrogens is 1. The summed E-state index contributed by atoms with van der Waals surface area (Å²) in [7, 11) is 0. The minimum Gasteiger partial charge on any atom is -0.381 e. The monoisotopic (exact) mass is 233 g/mol. The fraction of sp³-hybridized carbons (Fsp3) is 0. The van der Waals surface area contributed by atoms with Crippen LogP contribution in [-0.2, 0) is 0 Å². The van der Waals surface area contributed by atoms with Gasteiger partial charge in [0.1, 0.15) is 0 Å². The summed E-state index contributed by atoms with van der Waals surface area (Å²) >= 11 is 6.15. The highest BCUT2D eigenvalue weighted by molar-refractivity contribution is 6.35. The van der Waals surface area contributed by atoms with E-state index < -0.39 is 0 Å². The smallest absolute Gasteiger partial charge is 0.169 e. The molecular formula is C11H8ClN3O. The molecule has 4 nitrogen and oxygen atoms in total. The van der Waals surface area contributed by atoms with E-state index in [2.05, 4.69) is 10.1 Å². The molecule has 2 heterocycles. The number of aromatic amines is 1. The van der Waals surface area contributed by atoms with Gasteiger partial charge in [0.25, 0.3) is 0 Å². The Hall–Kier alpha value is -1.94. The molecule has 0 saturated carbocycles. The molecular weight excluding hydrogens is 226 g/mol. The van der Waals surface area contributed by atoms with Crippen molar-refractivity contribution in [3.63, 3.8) is 0 Å². The van der Waals surface area contributed by atoms with Crippen molar-refractivity contribution in [3.8, 4) is 11.3 Å². The molecule has 0 amide bonds. The highest BCUT2D eigenvalue weighted by atomic mass is 35.5. The summed E-state index contributed by atoms with van der Waals surface area (Å²) in [5, 5.41) is 5.29. The van der Waals surface area contributed by atoms with E-state index in [0.29, 0.717) is 16.6 Å². The summed E-state index contributed by atoms with van der Waals surface area (Å²) in [6.07, 6.45) is 1.84. The van der Waals surface area contributed by atoms with Crippen molar-refractivity contribution >= 4 is 28.3 Å². The molecule has 3 N–H and O–H groups in total. The molecule has 5 heteroatoms. The first-order chi connectivity index (χ1) is 7.74. The molecule has 0 radical (unpaired) electrons. The van der Waals surface area contributed by atoms with Gasteiger partial charge in [0, 0.05) is 28.7 Å². The lowest BCUT2D eigenvalue weighted by Gasteiger charge is -1.98. The molecule has 0 aliphatic carbocycles. The number of benzene rings is 1. The zero-order chi connectivity index (χ0) is 11.1. The Morgan fingerprint density at radius 3 is 2.94 bits per heavy atom. The predicted octanol–water partition coefficient (Wildman–Crippen LogP) is 3.06. The normalized spacial score (nSPS) is 11.1. The maximum absolute atomic E-state index is 6.15. The summed E-state index contributed by atoms with van der Waals surface area (Å²) in [6, 6.07) is 7.37. The molecule has 80 valence electrons. The molecule has 2 aromatic heterocycles. The second-order valence-corrected chi connectivity index (χ2v) is 3.92. The third kappa shape index (κ3) is 1.35. The molecule has 0 saturated heterocycles. The Morgan fingerprint density at radius 1 is 1.31 bits per heavy atom. The number of fused-ring (bicyclic) bond motifs is 1. The number of hydrogen-bond donors (Lipinski definition) is 2. The standard InChI is InChI=1S/C11H8ClN3O/c12-8-3-6(10-5-11(13)15-16-10)4-9-7(8)1-2-14-9/h1-5,14H,(H2,13,15). The van der Waals surface area contributed by atoms with Crippen molar-refractivity contribution in [1.29, 1.82) is 0 Å². The van der Waals surface area contributed by atoms with Crippen molar-refractivity contribution < 1.29 is 4.52 Å². The van der Waals surface area contributed by atoms with E-state index in [0.717, 1.165) is 16.5 Å². The van der Waals surface area contributed by atoms with Crippen LogP contribution >= 0.6 is 11.6 Å². The second-order valence-electron chi connectivity index (χ2n) is 3.51. The van der Waals surface area contributed by atoms with Gasteiger partial charge in [-0.1, -0.05) is 16.8 Å². The van der Waals surface area contributed by atoms with Crippen LogP contribution in [0, 0.1) is 0 Å². The molecule has 0 aliphatic heterocycles. The van der Waals surface area contributed by atoms with Crippen LogP contribution in [0.3, 0.4) is 0 Å². The van der Waals surface area contributed by atoms with Crippen LogP contribution in [0.5, 0.6) is 0 Å². The molecule has 0 fully saturated rings. The van der Waals surface area contributed by atoms with Crippen LogP contribution in [0.25, 0.3) is 22.2 Å². The van der Waals surface area contributed by atoms with Crippen molar-refractivity contribution in [3.05, 3.63) is 35.5 Å². The highest BCUT2D eigenvalue weighted by Crippen LogP contribution is 2.30. The Bertz CT molecular complexity index is 656. The van der Waals surface area contributed by atoms with Crippen LogP contribution < -0.4 is 5.73 Å². The summed E-state index contributed by atoms with van der Waals surface area (Å²) in [4.78, 5) is 3.10. The van der Waals surface area contributed by atoms with E-state index in [9.17, 15) is 0 Å². The van der Waals surface area contributed by atoms with Crippen LogP contribution in [0.4, 0.5) is 5.82 Å². The molecule has 0 aliphatic rings. The number of rotatable bonds is 1. The lowest BCUT2D eigenvalue weighted by molar-refractivity contribution is 0.436. The number of anilines is 1. The first-order valence-corrected chi connectivity index (χ1v) is 5.11. The van der Waals surface area contributed by atoms with Crippen molar-refractivity contribution in [2.45, 2.75) is 0 Å². The zero-order valence-electron chi connectivity index (χ0n) is 8.20. The molecule has 16 heavy (non-hydrogen) atoms. The number of nitrogen functional groups attached to an aromatic ring is 1. The average Bonchev–Trinajstić information content (AvgIpc) is 2.85. The summed E-state index contributed by atoms with van der Waals surface area (Å²) in [5.74, 6) is 0.966. The first kappa shape index (κ1) is 9.30. The van der Waals surface area contributed by atoms with Gasteiger partial charge in [0.15, 0.2) is 11.6 Å². The molecule has 0 spiro atoms. The Balaban J connectivity index is 2.24. The van der Waals surface area contributed by atoms with Crippen molar-refractivity contribution in [2.24, 2.45) is 0 Å². The maximum Gasteiger partial charge on any atom is 0.169 e. The average molecular weight is 234 g/mol. The Labute approximate surface area is 96.0 Å². The first-order valence-electron chi connectivity index (χ1n) is 4.73. The third-order valence-corrected chi connectivity index (χ3v) is 2.74. The summed E-state index contributed by atoms with van der Waals surface area (Å²) in [6.45, 7) is 0. The van der Waals surface area contributed by atoms with Gasteiger partial charge in [-0.05, 0) is 18.2 Å². The van der Waals surface area contributed by atoms with Gasteiger partial charge in [-0.15, -0.1) is 0 Å². The fourth-order valence-electron chi connectivity index (χ4n) is 1.69. The van der Waals surface area contributed by atoms with E-state index in [-0.39, 0.29) is 0 Å². The van der Waals surface area contributed by atoms with Gasteiger partial charge in [-0.2, -0.15) is 0 Å². The summed E-state index contributed by atoms with van der Waals surface area (Å²) < 4.78 is 5.08. The minimum absolute atomic E-state index is 0.359. The van der Waals surface area contributed by atoms with E-state index >= 15 is 0 Å². The van der Waals surface area contributed by atoms with E-state index in [1.165, 1.54) is 0 Å². The topological polar surface area (TPSA) is 67.8 Å². The van der Waals surface area contributed by atoms with Gasteiger partial charge >= 0.3 is 0 Å². The van der Waals surface area contributed by atoms with E-state index in [1.807, 2.05) is 24.4 Å². The second kappa shape index (κ2) is 3.28. The number of hydrogen-bond acceptors (Lipinski definition) is 3. The van der Waals surface area contributed by atoms with Crippen LogP contribution in [-0.4, -0.2) is 10.1 Å². The van der Waals surface area contributed by atoms with Crippen LogP contribution in [0.1, 0.15) is 0 Å². The van der Waals surface area contributed by atoms with Crippen molar-refractivity contribution in [1.82, 2.24) is 10.1 Å². The SMILES string of the molecule is Nc1cc(-c2cc(Cl)c3cc[nH]c3c2)on1. The molecule has 3 rings (SSSR count). The zero-order valence-corrected chi connectivity index (χ0v) is 8.95. The molecule has 3 aromatic rings. The minimum atomic E-state index is 0.359. The van der Waals surface area contributed by atoms with Crippen LogP contribution in [0.15, 0.2) is 35.0 Å². The van der Waals surface area contributed by atoms with Gasteiger partial charge in [0.05, 0.1) is 5.02 Å². The maximum atomic E-state index is 6.15. The van der Waals surface area contributed by atoms with Gasteiger partial charge in [-0.3, -0.25) is 0 Å². The molecule has 0 bridgehead atoms. The van der Waals surface area contributed by atoms with Gasteiger partial charge in [-0.25, -0.2) is 0 Å². The highest BCUT2D eigenvalue weighted by Gasteiger charge is 2.08. The van der Waals surface area contributed by atoms with Crippen molar-refractivity contribution in [2.75, 3.05) is 5.73 Å². The van der Waals surface area contributed by atoms with E-state index in [1.54, 1.807) is 6.07 Å². The fourth-order valence-corrected chi connectivity index (χ4v) is 1.97. The number of halogens is 1. The molecule has 0 atom stereocenters. The van der Waals surface area contributed by atoms with Gasteiger partial charge in [0.2, 0.25) is 0 Å². The molecule has 1 aromatic carbocycles. The Kier molecular flexibility index (Phi) is 1.91. The number of aromatic nitrogens is 2. The predicted molar refractivity (Wildman–Crippen MR) is 63.2 cm³/mol. The van der Waals surface area contributed by atoms with Gasteiger partial charge < -0.3 is 15.2 Å². The quantitative estimate of drug-likeness (QED) is 0.679. The number of nitrogens with two attached hydrogens (primary N) is 1. The Morgan fingerprint density at radius 2 is 2.19 bits per heavy atom. The number of nitrogens with zero attached hydrogens (tertiary/aromatic N) is 1. The lowest BCUT2D eigenvalue weighted by atomic mass is 10.1. The van der Waals surface area contributed by atoms with Crippen LogP contribution in [0.2, 0.25) is 5.02 Å². The summed E-state index contributed by atoms with van der Waals surface area (Å²) in [5.41, 5.74) is 7.31. The molecule has 0 unspecified atom stereocenters. The number of nitrogens with one attached hydrogen (secondary N) is 1. The third-order valence-electron chi connectivity index (χ3n) is 2.43.